The molecule has 1 fully saturated rings. The number of ether oxygens (including phenoxy) is 2. The van der Waals surface area contributed by atoms with Crippen molar-refractivity contribution in [3.8, 4) is 11.5 Å². The number of carbonyl (C=O) groups excluding carboxylic acids is 1. The molecule has 1 N–H and O–H groups in total. The number of hydrogen-bond donors (Lipinski definition) is 1. The molecule has 0 unspecified atom stereocenters. The lowest BCUT2D eigenvalue weighted by atomic mass is 10.2. The number of amides is 1. The average molecular weight is 408 g/mol. The van der Waals surface area contributed by atoms with E-state index in [4.69, 9.17) is 4.74 Å². The van der Waals surface area contributed by atoms with E-state index in [2.05, 4.69) is 10.1 Å². The van der Waals surface area contributed by atoms with Gasteiger partial charge in [0.1, 0.15) is 5.82 Å². The highest BCUT2D eigenvalue weighted by Crippen LogP contribution is 2.30. The molecule has 1 aliphatic carbocycles. The number of hydrogen-bond acceptors (Lipinski definition) is 4. The Kier molecular flexibility index (Phi) is 6.98. The van der Waals surface area contributed by atoms with Gasteiger partial charge in [-0.15, -0.1) is 0 Å². The van der Waals surface area contributed by atoms with Gasteiger partial charge < -0.3 is 14.8 Å². The number of benzene rings is 2. The second-order valence-electron chi connectivity index (χ2n) is 6.87. The smallest absolute Gasteiger partial charge is 0.387 e. The van der Waals surface area contributed by atoms with Crippen molar-refractivity contribution < 1.29 is 27.4 Å². The summed E-state index contributed by atoms with van der Waals surface area (Å²) < 4.78 is 48.2. The first kappa shape index (κ1) is 21.0. The Morgan fingerprint density at radius 3 is 2.62 bits per heavy atom. The summed E-state index contributed by atoms with van der Waals surface area (Å²) in [6.45, 7) is -2.21. The monoisotopic (exact) mass is 408 g/mol. The van der Waals surface area contributed by atoms with Crippen LogP contribution in [0.3, 0.4) is 0 Å². The molecular formula is C21H23F3N2O3. The molecule has 5 nitrogen and oxygen atoms in total. The minimum Gasteiger partial charge on any atom is -0.493 e. The largest absolute Gasteiger partial charge is 0.493 e. The maximum absolute atomic E-state index is 13.9. The average Bonchev–Trinajstić information content (AvgIpc) is 3.53. The lowest BCUT2D eigenvalue weighted by Gasteiger charge is -2.22. The van der Waals surface area contributed by atoms with Crippen molar-refractivity contribution in [2.45, 2.75) is 38.6 Å². The number of alkyl halides is 2. The maximum Gasteiger partial charge on any atom is 0.387 e. The highest BCUT2D eigenvalue weighted by molar-refractivity contribution is 5.78. The van der Waals surface area contributed by atoms with Crippen molar-refractivity contribution in [1.82, 2.24) is 10.2 Å². The first-order valence-corrected chi connectivity index (χ1v) is 9.32. The summed E-state index contributed by atoms with van der Waals surface area (Å²) >= 11 is 0. The van der Waals surface area contributed by atoms with Gasteiger partial charge in [0.05, 0.1) is 13.7 Å². The fourth-order valence-corrected chi connectivity index (χ4v) is 3.06. The van der Waals surface area contributed by atoms with E-state index in [1.54, 1.807) is 24.3 Å². The predicted molar refractivity (Wildman–Crippen MR) is 101 cm³/mol. The number of carbonyl (C=O) groups is 1. The van der Waals surface area contributed by atoms with Crippen LogP contribution in [0.1, 0.15) is 24.0 Å². The Bertz CT molecular complexity index is 844. The molecule has 3 rings (SSSR count). The SMILES string of the molecule is COc1cc(CNC(=O)CN(Cc2ccccc2F)C2CC2)ccc1OC(F)F. The molecule has 8 heteroatoms. The van der Waals surface area contributed by atoms with E-state index in [9.17, 15) is 18.0 Å². The van der Waals surface area contributed by atoms with E-state index in [1.165, 1.54) is 25.3 Å². The Balaban J connectivity index is 1.56. The quantitative estimate of drug-likeness (QED) is 0.651. The van der Waals surface area contributed by atoms with Crippen molar-refractivity contribution in [3.05, 3.63) is 59.4 Å². The van der Waals surface area contributed by atoms with Crippen LogP contribution in [0, 0.1) is 5.82 Å². The van der Waals surface area contributed by atoms with E-state index in [0.717, 1.165) is 12.8 Å². The molecule has 0 aromatic heterocycles. The van der Waals surface area contributed by atoms with Crippen molar-refractivity contribution in [3.63, 3.8) is 0 Å². The lowest BCUT2D eigenvalue weighted by molar-refractivity contribution is -0.122. The second kappa shape index (κ2) is 9.65. The zero-order valence-corrected chi connectivity index (χ0v) is 16.0. The molecule has 0 bridgehead atoms. The molecule has 1 aliphatic rings. The Morgan fingerprint density at radius 1 is 1.21 bits per heavy atom. The summed E-state index contributed by atoms with van der Waals surface area (Å²) in [5.74, 6) is -0.379. The third-order valence-corrected chi connectivity index (χ3v) is 4.68. The number of methoxy groups -OCH3 is 1. The van der Waals surface area contributed by atoms with Gasteiger partial charge in [-0.25, -0.2) is 4.39 Å². The van der Waals surface area contributed by atoms with Crippen LogP contribution in [-0.4, -0.2) is 37.1 Å². The fourth-order valence-electron chi connectivity index (χ4n) is 3.06. The summed E-state index contributed by atoms with van der Waals surface area (Å²) in [6, 6.07) is 11.3. The Labute approximate surface area is 167 Å². The number of nitrogens with zero attached hydrogens (tertiary/aromatic N) is 1. The molecule has 0 heterocycles. The summed E-state index contributed by atoms with van der Waals surface area (Å²) in [4.78, 5) is 14.4. The summed E-state index contributed by atoms with van der Waals surface area (Å²) in [5, 5.41) is 2.81. The summed E-state index contributed by atoms with van der Waals surface area (Å²) in [6.07, 6.45) is 1.98. The third kappa shape index (κ3) is 6.12. The molecule has 1 saturated carbocycles. The summed E-state index contributed by atoms with van der Waals surface area (Å²) in [7, 11) is 1.35. The van der Waals surface area contributed by atoms with Crippen LogP contribution >= 0.6 is 0 Å². The molecule has 0 spiro atoms. The first-order chi connectivity index (χ1) is 14.0. The molecular weight excluding hydrogens is 385 g/mol. The topological polar surface area (TPSA) is 50.8 Å². The van der Waals surface area contributed by atoms with Gasteiger partial charge in [0, 0.05) is 24.7 Å². The van der Waals surface area contributed by atoms with Gasteiger partial charge >= 0.3 is 6.61 Å². The molecule has 0 aliphatic heterocycles. The Morgan fingerprint density at radius 2 is 1.97 bits per heavy atom. The van der Waals surface area contributed by atoms with E-state index in [1.807, 2.05) is 4.90 Å². The van der Waals surface area contributed by atoms with Crippen LogP contribution in [0.2, 0.25) is 0 Å². The molecule has 2 aromatic carbocycles. The van der Waals surface area contributed by atoms with Gasteiger partial charge in [0.2, 0.25) is 5.91 Å². The van der Waals surface area contributed by atoms with Gasteiger partial charge in [-0.1, -0.05) is 24.3 Å². The van der Waals surface area contributed by atoms with E-state index < -0.39 is 6.61 Å². The van der Waals surface area contributed by atoms with Crippen LogP contribution in [0.4, 0.5) is 13.2 Å². The molecule has 2 aromatic rings. The molecule has 0 saturated heterocycles. The standard InChI is InChI=1S/C21H23F3N2O3/c1-28-19-10-14(6-9-18(19)29-21(23)24)11-25-20(27)13-26(16-7-8-16)12-15-4-2-3-5-17(15)22/h2-6,9-10,16,21H,7-8,11-13H2,1H3,(H,25,27). The van der Waals surface area contributed by atoms with E-state index in [-0.39, 0.29) is 42.4 Å². The number of rotatable bonds is 10. The molecule has 29 heavy (non-hydrogen) atoms. The van der Waals surface area contributed by atoms with E-state index in [0.29, 0.717) is 17.7 Å². The van der Waals surface area contributed by atoms with Crippen molar-refractivity contribution in [2.75, 3.05) is 13.7 Å². The maximum atomic E-state index is 13.9. The van der Waals surface area contributed by atoms with Gasteiger partial charge in [-0.05, 0) is 36.6 Å². The zero-order chi connectivity index (χ0) is 20.8. The highest BCUT2D eigenvalue weighted by Gasteiger charge is 2.30. The minimum atomic E-state index is -2.95. The van der Waals surface area contributed by atoms with Crippen LogP contribution in [0.15, 0.2) is 42.5 Å². The molecule has 1 amide bonds. The van der Waals surface area contributed by atoms with Crippen molar-refractivity contribution in [1.29, 1.82) is 0 Å². The van der Waals surface area contributed by atoms with Crippen molar-refractivity contribution >= 4 is 5.91 Å². The lowest BCUT2D eigenvalue weighted by Crippen LogP contribution is -2.38. The van der Waals surface area contributed by atoms with Crippen LogP contribution in [0.5, 0.6) is 11.5 Å². The van der Waals surface area contributed by atoms with Crippen molar-refractivity contribution in [2.24, 2.45) is 0 Å². The predicted octanol–water partition coefficient (Wildman–Crippen LogP) is 3.72. The van der Waals surface area contributed by atoms with Gasteiger partial charge in [-0.3, -0.25) is 9.69 Å². The van der Waals surface area contributed by atoms with Gasteiger partial charge in [0.15, 0.2) is 11.5 Å². The Hall–Kier alpha value is -2.74. The van der Waals surface area contributed by atoms with Gasteiger partial charge in [0.25, 0.3) is 0 Å². The zero-order valence-electron chi connectivity index (χ0n) is 16.0. The summed E-state index contributed by atoms with van der Waals surface area (Å²) in [5.41, 5.74) is 1.25. The number of halogens is 3. The normalized spacial score (nSPS) is 13.6. The van der Waals surface area contributed by atoms with Crippen LogP contribution in [0.25, 0.3) is 0 Å². The molecule has 0 atom stereocenters. The fraction of sp³-hybridized carbons (Fsp3) is 0.381. The molecule has 0 radical (unpaired) electrons. The van der Waals surface area contributed by atoms with E-state index >= 15 is 0 Å². The molecule has 156 valence electrons. The second-order valence-corrected chi connectivity index (χ2v) is 6.87. The first-order valence-electron chi connectivity index (χ1n) is 9.32. The number of nitrogens with one attached hydrogen (secondary N) is 1. The van der Waals surface area contributed by atoms with Gasteiger partial charge in [-0.2, -0.15) is 8.78 Å². The van der Waals surface area contributed by atoms with Crippen LogP contribution in [-0.2, 0) is 17.9 Å². The highest BCUT2D eigenvalue weighted by atomic mass is 19.3. The third-order valence-electron chi connectivity index (χ3n) is 4.68. The van der Waals surface area contributed by atoms with Crippen LogP contribution < -0.4 is 14.8 Å². The minimum absolute atomic E-state index is 0.0672.